The Morgan fingerprint density at radius 2 is 2.12 bits per heavy atom. The zero-order chi connectivity index (χ0) is 17.3. The first-order chi connectivity index (χ1) is 12.1. The molecule has 2 aliphatic heterocycles. The van der Waals surface area contributed by atoms with E-state index in [-0.39, 0.29) is 11.3 Å². The standard InChI is InChI=1S/C20H30N2O3/c1-16(23)22-11-19(14-25-12-17-2-3-17)20(15-22)5-7-21(8-6-20)10-18-4-9-24-13-18/h4,9,13,17,19H,2-3,5-8,10-12,14-15H2,1H3/t19-/m1/s1. The summed E-state index contributed by atoms with van der Waals surface area (Å²) in [6.45, 7) is 8.38. The van der Waals surface area contributed by atoms with Gasteiger partial charge in [-0.25, -0.2) is 0 Å². The quantitative estimate of drug-likeness (QED) is 0.795. The first-order valence-electron chi connectivity index (χ1n) is 9.71. The summed E-state index contributed by atoms with van der Waals surface area (Å²) < 4.78 is 11.2. The van der Waals surface area contributed by atoms with Crippen LogP contribution >= 0.6 is 0 Å². The molecule has 138 valence electrons. The second-order valence-corrected chi connectivity index (χ2v) is 8.35. The van der Waals surface area contributed by atoms with Gasteiger partial charge in [-0.05, 0) is 56.2 Å². The smallest absolute Gasteiger partial charge is 0.219 e. The van der Waals surface area contributed by atoms with Crippen molar-refractivity contribution in [3.8, 4) is 0 Å². The molecule has 1 amide bonds. The number of piperidine rings is 1. The van der Waals surface area contributed by atoms with Gasteiger partial charge in [-0.15, -0.1) is 0 Å². The molecule has 0 N–H and O–H groups in total. The number of amides is 1. The molecule has 0 bridgehead atoms. The monoisotopic (exact) mass is 346 g/mol. The number of carbonyl (C=O) groups is 1. The Morgan fingerprint density at radius 3 is 2.76 bits per heavy atom. The van der Waals surface area contributed by atoms with Crippen LogP contribution in [-0.4, -0.2) is 55.1 Å². The minimum Gasteiger partial charge on any atom is -0.472 e. The fourth-order valence-corrected chi connectivity index (χ4v) is 4.53. The summed E-state index contributed by atoms with van der Waals surface area (Å²) in [7, 11) is 0. The number of hydrogen-bond donors (Lipinski definition) is 0. The van der Waals surface area contributed by atoms with Crippen molar-refractivity contribution in [1.29, 1.82) is 0 Å². The fourth-order valence-electron chi connectivity index (χ4n) is 4.53. The average Bonchev–Trinajstić information content (AvgIpc) is 3.15. The molecule has 25 heavy (non-hydrogen) atoms. The summed E-state index contributed by atoms with van der Waals surface area (Å²) in [5.41, 5.74) is 1.50. The van der Waals surface area contributed by atoms with E-state index in [0.717, 1.165) is 64.7 Å². The molecule has 1 aliphatic carbocycles. The van der Waals surface area contributed by atoms with Crippen molar-refractivity contribution in [2.24, 2.45) is 17.3 Å². The van der Waals surface area contributed by atoms with Crippen molar-refractivity contribution in [3.05, 3.63) is 24.2 Å². The van der Waals surface area contributed by atoms with Gasteiger partial charge >= 0.3 is 0 Å². The number of nitrogens with zero attached hydrogens (tertiary/aromatic N) is 2. The van der Waals surface area contributed by atoms with Gasteiger partial charge in [0.05, 0.1) is 19.1 Å². The van der Waals surface area contributed by atoms with Crippen molar-refractivity contribution < 1.29 is 13.9 Å². The molecule has 0 radical (unpaired) electrons. The van der Waals surface area contributed by atoms with Crippen LogP contribution in [0, 0.1) is 17.3 Å². The van der Waals surface area contributed by atoms with Crippen molar-refractivity contribution in [1.82, 2.24) is 9.80 Å². The SMILES string of the molecule is CC(=O)N1C[C@H](COCC2CC2)C2(CCN(Cc3ccoc3)CC2)C1. The van der Waals surface area contributed by atoms with Crippen LogP contribution in [0.1, 0.15) is 38.2 Å². The van der Waals surface area contributed by atoms with Crippen LogP contribution in [-0.2, 0) is 16.1 Å². The third-order valence-electron chi connectivity index (χ3n) is 6.47. The average molecular weight is 346 g/mol. The highest BCUT2D eigenvalue weighted by Crippen LogP contribution is 2.45. The maximum Gasteiger partial charge on any atom is 0.219 e. The van der Waals surface area contributed by atoms with Gasteiger partial charge in [-0.3, -0.25) is 9.69 Å². The topological polar surface area (TPSA) is 45.9 Å². The van der Waals surface area contributed by atoms with Gasteiger partial charge in [-0.2, -0.15) is 0 Å². The Kier molecular flexibility index (Phi) is 4.87. The Morgan fingerprint density at radius 1 is 1.32 bits per heavy atom. The number of carbonyl (C=O) groups excluding carboxylic acids is 1. The normalized spacial score (nSPS) is 26.4. The minimum atomic E-state index is 0.213. The molecular formula is C20H30N2O3. The van der Waals surface area contributed by atoms with Crippen LogP contribution < -0.4 is 0 Å². The van der Waals surface area contributed by atoms with Gasteiger partial charge in [-0.1, -0.05) is 0 Å². The van der Waals surface area contributed by atoms with Gasteiger partial charge < -0.3 is 14.1 Å². The zero-order valence-electron chi connectivity index (χ0n) is 15.3. The summed E-state index contributed by atoms with van der Waals surface area (Å²) >= 11 is 0. The van der Waals surface area contributed by atoms with Gasteiger partial charge in [0.2, 0.25) is 5.91 Å². The van der Waals surface area contributed by atoms with E-state index in [1.165, 1.54) is 18.4 Å². The molecule has 1 saturated carbocycles. The van der Waals surface area contributed by atoms with Crippen molar-refractivity contribution >= 4 is 5.91 Å². The third-order valence-corrected chi connectivity index (χ3v) is 6.47. The number of hydrogen-bond acceptors (Lipinski definition) is 4. The van der Waals surface area contributed by atoms with Crippen molar-refractivity contribution in [2.45, 2.75) is 39.2 Å². The Labute approximate surface area is 150 Å². The number of rotatable bonds is 6. The summed E-state index contributed by atoms with van der Waals surface area (Å²) in [6.07, 6.45) is 8.57. The van der Waals surface area contributed by atoms with E-state index in [0.29, 0.717) is 5.92 Å². The van der Waals surface area contributed by atoms with Crippen LogP contribution in [0.4, 0.5) is 0 Å². The van der Waals surface area contributed by atoms with E-state index in [1.807, 2.05) is 12.3 Å². The molecule has 1 aromatic rings. The largest absolute Gasteiger partial charge is 0.472 e. The van der Waals surface area contributed by atoms with E-state index in [1.54, 1.807) is 13.2 Å². The van der Waals surface area contributed by atoms with Gasteiger partial charge in [0, 0.05) is 44.6 Å². The Hall–Kier alpha value is -1.33. The molecule has 1 atom stereocenters. The number of furan rings is 1. The van der Waals surface area contributed by atoms with E-state index in [9.17, 15) is 4.79 Å². The second-order valence-electron chi connectivity index (χ2n) is 8.35. The first kappa shape index (κ1) is 17.1. The number of ether oxygens (including phenoxy) is 1. The Balaban J connectivity index is 1.36. The highest BCUT2D eigenvalue weighted by atomic mass is 16.5. The van der Waals surface area contributed by atoms with Crippen molar-refractivity contribution in [3.63, 3.8) is 0 Å². The third kappa shape index (κ3) is 3.93. The van der Waals surface area contributed by atoms with Crippen LogP contribution in [0.5, 0.6) is 0 Å². The molecule has 3 aliphatic rings. The lowest BCUT2D eigenvalue weighted by atomic mass is 9.71. The molecule has 5 heteroatoms. The summed E-state index contributed by atoms with van der Waals surface area (Å²) in [4.78, 5) is 16.5. The summed E-state index contributed by atoms with van der Waals surface area (Å²) in [5.74, 6) is 1.51. The maximum atomic E-state index is 11.9. The first-order valence-corrected chi connectivity index (χ1v) is 9.71. The maximum absolute atomic E-state index is 11.9. The van der Waals surface area contributed by atoms with E-state index >= 15 is 0 Å². The second kappa shape index (κ2) is 7.12. The highest BCUT2D eigenvalue weighted by Gasteiger charge is 2.48. The van der Waals surface area contributed by atoms with Gasteiger partial charge in [0.15, 0.2) is 0 Å². The van der Waals surface area contributed by atoms with Gasteiger partial charge in [0.25, 0.3) is 0 Å². The lowest BCUT2D eigenvalue weighted by Gasteiger charge is -2.42. The minimum absolute atomic E-state index is 0.213. The zero-order valence-corrected chi connectivity index (χ0v) is 15.3. The van der Waals surface area contributed by atoms with Gasteiger partial charge in [0.1, 0.15) is 0 Å². The predicted molar refractivity (Wildman–Crippen MR) is 94.9 cm³/mol. The number of likely N-dealkylation sites (tertiary alicyclic amines) is 2. The molecule has 0 aromatic carbocycles. The Bertz CT molecular complexity index is 574. The molecule has 1 aromatic heterocycles. The molecule has 0 unspecified atom stereocenters. The molecular weight excluding hydrogens is 316 g/mol. The molecule has 4 rings (SSSR count). The molecule has 3 fully saturated rings. The fraction of sp³-hybridized carbons (Fsp3) is 0.750. The van der Waals surface area contributed by atoms with E-state index in [2.05, 4.69) is 9.80 Å². The van der Waals surface area contributed by atoms with Crippen LogP contribution in [0.25, 0.3) is 0 Å². The van der Waals surface area contributed by atoms with Crippen LogP contribution in [0.3, 0.4) is 0 Å². The summed E-state index contributed by atoms with van der Waals surface area (Å²) in [6, 6.07) is 2.05. The lowest BCUT2D eigenvalue weighted by Crippen LogP contribution is -2.45. The highest BCUT2D eigenvalue weighted by molar-refractivity contribution is 5.73. The van der Waals surface area contributed by atoms with Crippen molar-refractivity contribution in [2.75, 3.05) is 39.4 Å². The molecule has 2 saturated heterocycles. The van der Waals surface area contributed by atoms with E-state index in [4.69, 9.17) is 9.15 Å². The van der Waals surface area contributed by atoms with Crippen LogP contribution in [0.15, 0.2) is 23.0 Å². The molecule has 3 heterocycles. The summed E-state index contributed by atoms with van der Waals surface area (Å²) in [5, 5.41) is 0. The lowest BCUT2D eigenvalue weighted by molar-refractivity contribution is -0.128. The molecule has 5 nitrogen and oxygen atoms in total. The van der Waals surface area contributed by atoms with E-state index < -0.39 is 0 Å². The predicted octanol–water partition coefficient (Wildman–Crippen LogP) is 2.77. The molecule has 1 spiro atoms. The van der Waals surface area contributed by atoms with Crippen LogP contribution in [0.2, 0.25) is 0 Å².